The van der Waals surface area contributed by atoms with Crippen molar-refractivity contribution < 1.29 is 9.53 Å². The molecule has 1 saturated carbocycles. The molecule has 1 N–H and O–H groups in total. The molecule has 4 aromatic heterocycles. The molecule has 11 nitrogen and oxygen atoms in total. The number of nitrogens with zero attached hydrogens (tertiary/aromatic N) is 8. The molecule has 194 valence electrons. The lowest BCUT2D eigenvalue weighted by Gasteiger charge is -2.53. The molecule has 0 unspecified atom stereocenters. The SMILES string of the molecule is CC(=O)c1cc(OC2CCC(N3CC(CC#N)(n4cc(-c5ncnc6[nH]ccc56)cn4)C3)CC2)nc(C)n1. The fourth-order valence-corrected chi connectivity index (χ4v) is 5.74. The van der Waals surface area contributed by atoms with Gasteiger partial charge in [-0.3, -0.25) is 14.4 Å². The highest BCUT2D eigenvalue weighted by atomic mass is 16.5. The average molecular weight is 512 g/mol. The first kappa shape index (κ1) is 24.2. The number of carbonyl (C=O) groups is 1. The molecule has 2 fully saturated rings. The van der Waals surface area contributed by atoms with E-state index >= 15 is 0 Å². The van der Waals surface area contributed by atoms with Gasteiger partial charge in [-0.2, -0.15) is 15.3 Å². The largest absolute Gasteiger partial charge is 0.474 e. The van der Waals surface area contributed by atoms with Gasteiger partial charge in [0.2, 0.25) is 5.88 Å². The van der Waals surface area contributed by atoms with Crippen molar-refractivity contribution in [1.82, 2.24) is 39.6 Å². The van der Waals surface area contributed by atoms with Gasteiger partial charge in [-0.05, 0) is 38.7 Å². The summed E-state index contributed by atoms with van der Waals surface area (Å²) in [5, 5.41) is 15.3. The Bertz CT molecular complexity index is 1520. The highest BCUT2D eigenvalue weighted by molar-refractivity contribution is 5.92. The molecule has 0 spiro atoms. The van der Waals surface area contributed by atoms with Gasteiger partial charge in [0, 0.05) is 55.5 Å². The van der Waals surface area contributed by atoms with Crippen LogP contribution in [0.15, 0.2) is 37.1 Å². The Labute approximate surface area is 219 Å². The minimum absolute atomic E-state index is 0.0669. The highest BCUT2D eigenvalue weighted by Crippen LogP contribution is 2.38. The van der Waals surface area contributed by atoms with Crippen LogP contribution in [0.5, 0.6) is 5.88 Å². The van der Waals surface area contributed by atoms with Gasteiger partial charge in [0.15, 0.2) is 5.78 Å². The third-order valence-corrected chi connectivity index (χ3v) is 7.72. The maximum absolute atomic E-state index is 11.7. The molecule has 11 heteroatoms. The van der Waals surface area contributed by atoms with Crippen molar-refractivity contribution in [2.24, 2.45) is 0 Å². The summed E-state index contributed by atoms with van der Waals surface area (Å²) in [6.07, 6.45) is 11.5. The fourth-order valence-electron chi connectivity index (χ4n) is 5.74. The summed E-state index contributed by atoms with van der Waals surface area (Å²) in [5.41, 5.74) is 2.58. The van der Waals surface area contributed by atoms with Crippen LogP contribution in [0, 0.1) is 18.3 Å². The summed E-state index contributed by atoms with van der Waals surface area (Å²) in [6, 6.07) is 6.42. The second-order valence-electron chi connectivity index (χ2n) is 10.3. The molecule has 1 aliphatic carbocycles. The number of nitriles is 1. The van der Waals surface area contributed by atoms with E-state index in [1.165, 1.54) is 6.92 Å². The first-order valence-corrected chi connectivity index (χ1v) is 12.9. The van der Waals surface area contributed by atoms with Crippen molar-refractivity contribution >= 4 is 16.8 Å². The first-order valence-electron chi connectivity index (χ1n) is 12.9. The number of ketones is 1. The van der Waals surface area contributed by atoms with Crippen LogP contribution in [0.2, 0.25) is 0 Å². The van der Waals surface area contributed by atoms with Crippen LogP contribution in [0.3, 0.4) is 0 Å². The summed E-state index contributed by atoms with van der Waals surface area (Å²) in [4.78, 5) is 34.6. The molecule has 1 saturated heterocycles. The molecule has 5 heterocycles. The van der Waals surface area contributed by atoms with Crippen LogP contribution < -0.4 is 4.74 Å². The molecule has 38 heavy (non-hydrogen) atoms. The number of nitrogens with one attached hydrogen (secondary N) is 1. The number of hydrogen-bond donors (Lipinski definition) is 1. The molecule has 0 amide bonds. The average Bonchev–Trinajstić information content (AvgIpc) is 3.56. The Morgan fingerprint density at radius 3 is 2.82 bits per heavy atom. The molecule has 0 radical (unpaired) electrons. The third-order valence-electron chi connectivity index (χ3n) is 7.72. The van der Waals surface area contributed by atoms with E-state index < -0.39 is 0 Å². The lowest BCUT2D eigenvalue weighted by molar-refractivity contribution is -0.0445. The third kappa shape index (κ3) is 4.41. The number of carbonyl (C=O) groups excluding carboxylic acids is 1. The number of Topliss-reactive ketones (excluding diaryl/α,β-unsaturated/α-hetero) is 1. The minimum Gasteiger partial charge on any atom is -0.474 e. The number of aromatic nitrogens is 7. The summed E-state index contributed by atoms with van der Waals surface area (Å²) < 4.78 is 8.09. The summed E-state index contributed by atoms with van der Waals surface area (Å²) in [5.74, 6) is 0.912. The van der Waals surface area contributed by atoms with Gasteiger partial charge in [-0.15, -0.1) is 0 Å². The Kier molecular flexibility index (Phi) is 6.12. The standard InChI is InChI=1S/C27H29N9O2/c1-17(37)23-11-24(34-18(2)33-23)38-21-5-3-20(4-6-21)35-14-27(15-35,8-9-28)36-13-19(12-32-36)25-22-7-10-29-26(22)31-16-30-25/h7,10-13,16,20-21H,3-6,8,14-15H2,1-2H3,(H,29,30,31). The number of fused-ring (bicyclic) bond motifs is 1. The zero-order chi connectivity index (χ0) is 26.3. The second-order valence-corrected chi connectivity index (χ2v) is 10.3. The Morgan fingerprint density at radius 1 is 1.24 bits per heavy atom. The maximum Gasteiger partial charge on any atom is 0.217 e. The summed E-state index contributed by atoms with van der Waals surface area (Å²) >= 11 is 0. The maximum atomic E-state index is 11.7. The van der Waals surface area contributed by atoms with Crippen molar-refractivity contribution in [2.75, 3.05) is 13.1 Å². The van der Waals surface area contributed by atoms with Gasteiger partial charge < -0.3 is 9.72 Å². The van der Waals surface area contributed by atoms with Gasteiger partial charge in [-0.25, -0.2) is 15.0 Å². The molecule has 6 rings (SSSR count). The Hall–Kier alpha value is -4.17. The number of likely N-dealkylation sites (tertiary alicyclic amines) is 1. The fraction of sp³-hybridized carbons (Fsp3) is 0.444. The van der Waals surface area contributed by atoms with Crippen molar-refractivity contribution in [3.05, 3.63) is 48.6 Å². The molecular formula is C27H29N9O2. The Balaban J connectivity index is 1.10. The van der Waals surface area contributed by atoms with Crippen molar-refractivity contribution in [3.63, 3.8) is 0 Å². The lowest BCUT2D eigenvalue weighted by atomic mass is 9.82. The predicted molar refractivity (Wildman–Crippen MR) is 138 cm³/mol. The van der Waals surface area contributed by atoms with E-state index in [-0.39, 0.29) is 17.4 Å². The van der Waals surface area contributed by atoms with E-state index in [2.05, 4.69) is 41.0 Å². The zero-order valence-corrected chi connectivity index (χ0v) is 21.5. The highest BCUT2D eigenvalue weighted by Gasteiger charge is 2.48. The van der Waals surface area contributed by atoms with Crippen LogP contribution in [0.4, 0.5) is 0 Å². The number of hydrogen-bond acceptors (Lipinski definition) is 9. The number of ether oxygens (including phenoxy) is 1. The molecule has 1 aliphatic heterocycles. The van der Waals surface area contributed by atoms with E-state index in [9.17, 15) is 10.1 Å². The van der Waals surface area contributed by atoms with E-state index in [0.717, 1.165) is 61.1 Å². The van der Waals surface area contributed by atoms with Crippen molar-refractivity contribution in [1.29, 1.82) is 5.26 Å². The van der Waals surface area contributed by atoms with Crippen LogP contribution >= 0.6 is 0 Å². The number of aromatic amines is 1. The second kappa shape index (κ2) is 9.61. The van der Waals surface area contributed by atoms with E-state index in [4.69, 9.17) is 4.74 Å². The Morgan fingerprint density at radius 2 is 2.05 bits per heavy atom. The van der Waals surface area contributed by atoms with Crippen molar-refractivity contribution in [2.45, 2.75) is 63.6 Å². The van der Waals surface area contributed by atoms with Crippen LogP contribution in [-0.4, -0.2) is 70.6 Å². The molecule has 2 aliphatic rings. The quantitative estimate of drug-likeness (QED) is 0.370. The van der Waals surface area contributed by atoms with Gasteiger partial charge >= 0.3 is 0 Å². The van der Waals surface area contributed by atoms with E-state index in [1.807, 2.05) is 29.3 Å². The number of aryl methyl sites for hydroxylation is 1. The van der Waals surface area contributed by atoms with E-state index in [1.54, 1.807) is 19.3 Å². The van der Waals surface area contributed by atoms with Gasteiger partial charge in [0.25, 0.3) is 0 Å². The van der Waals surface area contributed by atoms with Crippen LogP contribution in [-0.2, 0) is 5.54 Å². The molecule has 0 bridgehead atoms. The van der Waals surface area contributed by atoms with Crippen LogP contribution in [0.1, 0.15) is 55.3 Å². The summed E-state index contributed by atoms with van der Waals surface area (Å²) in [6.45, 7) is 4.84. The normalized spacial score (nSPS) is 21.1. The molecule has 4 aromatic rings. The minimum atomic E-state index is -0.341. The number of rotatable bonds is 7. The predicted octanol–water partition coefficient (Wildman–Crippen LogP) is 3.44. The monoisotopic (exact) mass is 511 g/mol. The van der Waals surface area contributed by atoms with Gasteiger partial charge in [-0.1, -0.05) is 0 Å². The zero-order valence-electron chi connectivity index (χ0n) is 21.5. The molecule has 0 atom stereocenters. The van der Waals surface area contributed by atoms with Gasteiger partial charge in [0.1, 0.15) is 35.1 Å². The van der Waals surface area contributed by atoms with E-state index in [0.29, 0.717) is 29.9 Å². The first-order chi connectivity index (χ1) is 18.4. The topological polar surface area (TPSA) is 138 Å². The molecule has 0 aromatic carbocycles. The molecular weight excluding hydrogens is 482 g/mol. The number of H-pyrrole nitrogens is 1. The van der Waals surface area contributed by atoms with Crippen molar-refractivity contribution in [3.8, 4) is 23.2 Å². The van der Waals surface area contributed by atoms with Crippen LogP contribution in [0.25, 0.3) is 22.3 Å². The smallest absolute Gasteiger partial charge is 0.217 e. The summed E-state index contributed by atoms with van der Waals surface area (Å²) in [7, 11) is 0. The van der Waals surface area contributed by atoms with Gasteiger partial charge in [0.05, 0.1) is 24.4 Å². The lowest BCUT2D eigenvalue weighted by Crippen LogP contribution is -2.65.